The molecule has 2 unspecified atom stereocenters. The molecule has 3 rings (SSSR count). The SMILES string of the molecule is CC1COc2ccc(C(O)c3ccc(Br)s3)cc2OC1. The van der Waals surface area contributed by atoms with Crippen LogP contribution in [0.1, 0.15) is 23.5 Å². The van der Waals surface area contributed by atoms with Crippen molar-refractivity contribution in [3.8, 4) is 11.5 Å². The van der Waals surface area contributed by atoms with Gasteiger partial charge in [0.25, 0.3) is 0 Å². The lowest BCUT2D eigenvalue weighted by Crippen LogP contribution is -2.12. The molecule has 3 nitrogen and oxygen atoms in total. The molecule has 2 heterocycles. The van der Waals surface area contributed by atoms with E-state index in [1.807, 2.05) is 30.3 Å². The fraction of sp³-hybridized carbons (Fsp3) is 0.333. The number of aliphatic hydroxyl groups excluding tert-OH is 1. The van der Waals surface area contributed by atoms with E-state index in [0.29, 0.717) is 24.9 Å². The Morgan fingerprint density at radius 3 is 2.65 bits per heavy atom. The standard InChI is InChI=1S/C15H15BrO3S/c1-9-7-18-11-3-2-10(6-12(11)19-8-9)15(17)13-4-5-14(16)20-13/h2-6,9,15,17H,7-8H2,1H3. The molecule has 106 valence electrons. The number of aliphatic hydroxyl groups is 1. The van der Waals surface area contributed by atoms with Gasteiger partial charge in [-0.25, -0.2) is 0 Å². The molecule has 0 spiro atoms. The molecule has 20 heavy (non-hydrogen) atoms. The Labute approximate surface area is 130 Å². The van der Waals surface area contributed by atoms with Crippen molar-refractivity contribution in [3.63, 3.8) is 0 Å². The highest BCUT2D eigenvalue weighted by atomic mass is 79.9. The first kappa shape index (κ1) is 13.9. The number of rotatable bonds is 2. The summed E-state index contributed by atoms with van der Waals surface area (Å²) in [5, 5.41) is 10.4. The fourth-order valence-corrected chi connectivity index (χ4v) is 3.52. The Kier molecular flexibility index (Phi) is 4.01. The van der Waals surface area contributed by atoms with Gasteiger partial charge in [0.15, 0.2) is 11.5 Å². The van der Waals surface area contributed by atoms with Gasteiger partial charge in [0.05, 0.1) is 17.0 Å². The third-order valence-corrected chi connectivity index (χ3v) is 4.87. The summed E-state index contributed by atoms with van der Waals surface area (Å²) in [7, 11) is 0. The quantitative estimate of drug-likeness (QED) is 0.885. The van der Waals surface area contributed by atoms with E-state index in [-0.39, 0.29) is 0 Å². The predicted molar refractivity (Wildman–Crippen MR) is 82.7 cm³/mol. The molecule has 1 N–H and O–H groups in total. The van der Waals surface area contributed by atoms with Gasteiger partial charge in [-0.05, 0) is 45.8 Å². The molecule has 1 aliphatic rings. The molecular formula is C15H15BrO3S. The van der Waals surface area contributed by atoms with Gasteiger partial charge in [-0.3, -0.25) is 0 Å². The molecule has 0 saturated heterocycles. The topological polar surface area (TPSA) is 38.7 Å². The Bertz CT molecular complexity index is 611. The molecule has 2 aromatic rings. The lowest BCUT2D eigenvalue weighted by atomic mass is 10.1. The molecular weight excluding hydrogens is 340 g/mol. The lowest BCUT2D eigenvalue weighted by Gasteiger charge is -2.12. The number of hydrogen-bond donors (Lipinski definition) is 1. The van der Waals surface area contributed by atoms with Crippen molar-refractivity contribution < 1.29 is 14.6 Å². The van der Waals surface area contributed by atoms with Crippen LogP contribution < -0.4 is 9.47 Å². The molecule has 1 aliphatic heterocycles. The van der Waals surface area contributed by atoms with E-state index in [2.05, 4.69) is 22.9 Å². The summed E-state index contributed by atoms with van der Waals surface area (Å²) in [6, 6.07) is 9.48. The van der Waals surface area contributed by atoms with Crippen LogP contribution in [0.4, 0.5) is 0 Å². The molecule has 0 bridgehead atoms. The van der Waals surface area contributed by atoms with Crippen LogP contribution in [0.25, 0.3) is 0 Å². The summed E-state index contributed by atoms with van der Waals surface area (Å²) in [5.41, 5.74) is 0.816. The zero-order valence-electron chi connectivity index (χ0n) is 11.0. The van der Waals surface area contributed by atoms with Crippen molar-refractivity contribution in [1.29, 1.82) is 0 Å². The zero-order chi connectivity index (χ0) is 14.1. The van der Waals surface area contributed by atoms with Crippen LogP contribution in [0, 0.1) is 5.92 Å². The maximum absolute atomic E-state index is 10.4. The van der Waals surface area contributed by atoms with E-state index in [0.717, 1.165) is 20.0 Å². The lowest BCUT2D eigenvalue weighted by molar-refractivity contribution is 0.221. The van der Waals surface area contributed by atoms with Crippen molar-refractivity contribution in [3.05, 3.63) is 44.6 Å². The second-order valence-corrected chi connectivity index (χ2v) is 7.47. The highest BCUT2D eigenvalue weighted by Crippen LogP contribution is 2.36. The molecule has 0 radical (unpaired) electrons. The average Bonchev–Trinajstić information content (AvgIpc) is 2.80. The van der Waals surface area contributed by atoms with Crippen LogP contribution in [-0.4, -0.2) is 18.3 Å². The van der Waals surface area contributed by atoms with Gasteiger partial charge in [0.2, 0.25) is 0 Å². The van der Waals surface area contributed by atoms with Gasteiger partial charge >= 0.3 is 0 Å². The van der Waals surface area contributed by atoms with Crippen LogP contribution in [0.3, 0.4) is 0 Å². The molecule has 1 aromatic heterocycles. The third kappa shape index (κ3) is 2.85. The van der Waals surface area contributed by atoms with Crippen molar-refractivity contribution in [1.82, 2.24) is 0 Å². The Hall–Kier alpha value is -1.04. The summed E-state index contributed by atoms with van der Waals surface area (Å²) < 4.78 is 12.5. The van der Waals surface area contributed by atoms with Crippen LogP contribution in [-0.2, 0) is 0 Å². The predicted octanol–water partition coefficient (Wildman–Crippen LogP) is 4.00. The van der Waals surface area contributed by atoms with Gasteiger partial charge in [-0.2, -0.15) is 0 Å². The molecule has 1 aromatic carbocycles. The van der Waals surface area contributed by atoms with Gasteiger partial charge in [0.1, 0.15) is 6.10 Å². The molecule has 0 aliphatic carbocycles. The Morgan fingerprint density at radius 2 is 1.95 bits per heavy atom. The number of halogens is 1. The summed E-state index contributed by atoms with van der Waals surface area (Å²) >= 11 is 4.94. The normalized spacial score (nSPS) is 19.4. The minimum absolute atomic E-state index is 0.365. The van der Waals surface area contributed by atoms with E-state index in [9.17, 15) is 5.11 Å². The second-order valence-electron chi connectivity index (χ2n) is 4.98. The molecule has 5 heteroatoms. The van der Waals surface area contributed by atoms with Crippen LogP contribution in [0.2, 0.25) is 0 Å². The van der Waals surface area contributed by atoms with Crippen molar-refractivity contribution in [2.24, 2.45) is 5.92 Å². The minimum atomic E-state index is -0.638. The number of fused-ring (bicyclic) bond motifs is 1. The minimum Gasteiger partial charge on any atom is -0.489 e. The van der Waals surface area contributed by atoms with Gasteiger partial charge in [-0.15, -0.1) is 11.3 Å². The first-order chi connectivity index (χ1) is 9.63. The first-order valence-corrected chi connectivity index (χ1v) is 8.07. The summed E-state index contributed by atoms with van der Waals surface area (Å²) in [6.07, 6.45) is -0.638. The fourth-order valence-electron chi connectivity index (χ4n) is 2.08. The van der Waals surface area contributed by atoms with Crippen molar-refractivity contribution >= 4 is 27.3 Å². The van der Waals surface area contributed by atoms with E-state index >= 15 is 0 Å². The number of benzene rings is 1. The number of thiophene rings is 1. The van der Waals surface area contributed by atoms with Crippen LogP contribution in [0.5, 0.6) is 11.5 Å². The van der Waals surface area contributed by atoms with Gasteiger partial charge in [0, 0.05) is 10.8 Å². The maximum Gasteiger partial charge on any atom is 0.161 e. The van der Waals surface area contributed by atoms with Crippen molar-refractivity contribution in [2.75, 3.05) is 13.2 Å². The average molecular weight is 355 g/mol. The summed E-state index contributed by atoms with van der Waals surface area (Å²) in [4.78, 5) is 0.903. The first-order valence-electron chi connectivity index (χ1n) is 6.46. The van der Waals surface area contributed by atoms with Gasteiger partial charge < -0.3 is 14.6 Å². The largest absolute Gasteiger partial charge is 0.489 e. The molecule has 2 atom stereocenters. The van der Waals surface area contributed by atoms with Crippen LogP contribution >= 0.6 is 27.3 Å². The number of ether oxygens (including phenoxy) is 2. The molecule has 0 fully saturated rings. The highest BCUT2D eigenvalue weighted by molar-refractivity contribution is 9.11. The maximum atomic E-state index is 10.4. The smallest absolute Gasteiger partial charge is 0.161 e. The highest BCUT2D eigenvalue weighted by Gasteiger charge is 2.19. The summed E-state index contributed by atoms with van der Waals surface area (Å²) in [5.74, 6) is 1.82. The number of hydrogen-bond acceptors (Lipinski definition) is 4. The van der Waals surface area contributed by atoms with E-state index in [4.69, 9.17) is 9.47 Å². The van der Waals surface area contributed by atoms with Crippen molar-refractivity contribution in [2.45, 2.75) is 13.0 Å². The zero-order valence-corrected chi connectivity index (χ0v) is 13.4. The Balaban J connectivity index is 1.88. The monoisotopic (exact) mass is 354 g/mol. The van der Waals surface area contributed by atoms with Crippen LogP contribution in [0.15, 0.2) is 34.1 Å². The Morgan fingerprint density at radius 1 is 1.20 bits per heavy atom. The third-order valence-electron chi connectivity index (χ3n) is 3.19. The molecule has 0 amide bonds. The summed E-state index contributed by atoms with van der Waals surface area (Å²) in [6.45, 7) is 3.38. The van der Waals surface area contributed by atoms with E-state index < -0.39 is 6.10 Å². The molecule has 0 saturated carbocycles. The second kappa shape index (κ2) is 5.76. The van der Waals surface area contributed by atoms with E-state index in [1.165, 1.54) is 11.3 Å². The van der Waals surface area contributed by atoms with E-state index in [1.54, 1.807) is 0 Å². The van der Waals surface area contributed by atoms with Gasteiger partial charge in [-0.1, -0.05) is 13.0 Å².